The number of guanidine groups is 1. The van der Waals surface area contributed by atoms with Gasteiger partial charge in [0, 0.05) is 24.5 Å². The number of aliphatic imine (C=N–C) groups is 1. The first kappa shape index (κ1) is 24.5. The Labute approximate surface area is 181 Å². The number of carbonyl (C=O) groups is 1. The number of nitrogens with one attached hydrogen (secondary N) is 3. The Bertz CT molecular complexity index is 710. The number of hydrogen-bond acceptors (Lipinski definition) is 2. The molecule has 3 N–H and O–H groups in total. The zero-order valence-corrected chi connectivity index (χ0v) is 18.9. The van der Waals surface area contributed by atoms with Crippen LogP contribution in [0.25, 0.3) is 0 Å². The van der Waals surface area contributed by atoms with Gasteiger partial charge in [0.15, 0.2) is 5.96 Å². The predicted molar refractivity (Wildman–Crippen MR) is 115 cm³/mol. The summed E-state index contributed by atoms with van der Waals surface area (Å²) in [5.41, 5.74) is -0.609. The van der Waals surface area contributed by atoms with Gasteiger partial charge in [0.2, 0.25) is 5.91 Å². The smallest absolute Gasteiger partial charge is 0.356 e. The van der Waals surface area contributed by atoms with Gasteiger partial charge in [0.1, 0.15) is 0 Å². The van der Waals surface area contributed by atoms with Crippen molar-refractivity contribution in [1.82, 2.24) is 16.0 Å². The highest BCUT2D eigenvalue weighted by Gasteiger charge is 2.45. The van der Waals surface area contributed by atoms with Crippen molar-refractivity contribution in [3.8, 4) is 0 Å². The summed E-state index contributed by atoms with van der Waals surface area (Å²) in [7, 11) is 1.58. The molecule has 0 atom stereocenters. The van der Waals surface area contributed by atoms with Crippen LogP contribution in [0.15, 0.2) is 29.3 Å². The molecule has 0 bridgehead atoms. The summed E-state index contributed by atoms with van der Waals surface area (Å²) in [6.45, 7) is 6.19. The van der Waals surface area contributed by atoms with E-state index in [1.165, 1.54) is 12.1 Å². The van der Waals surface area contributed by atoms with Crippen LogP contribution in [0.5, 0.6) is 0 Å². The Hall–Kier alpha value is -1.52. The lowest BCUT2D eigenvalue weighted by atomic mass is 9.94. The first-order valence-electron chi connectivity index (χ1n) is 8.88. The zero-order valence-electron chi connectivity index (χ0n) is 16.5. The van der Waals surface area contributed by atoms with Gasteiger partial charge in [-0.25, -0.2) is 0 Å². The van der Waals surface area contributed by atoms with Gasteiger partial charge >= 0.3 is 6.18 Å². The fraction of sp³-hybridized carbons (Fsp3) is 0.579. The van der Waals surface area contributed by atoms with E-state index < -0.39 is 11.7 Å². The van der Waals surface area contributed by atoms with Crippen molar-refractivity contribution >= 4 is 35.8 Å². The van der Waals surface area contributed by atoms with Crippen LogP contribution in [0.4, 0.5) is 13.2 Å². The molecule has 0 heterocycles. The molecule has 1 amide bonds. The van der Waals surface area contributed by atoms with E-state index in [4.69, 9.17) is 0 Å². The normalized spacial score (nSPS) is 16.0. The molecule has 9 heteroatoms. The molecule has 1 aliphatic rings. The van der Waals surface area contributed by atoms with Crippen molar-refractivity contribution in [3.05, 3.63) is 35.4 Å². The molecule has 28 heavy (non-hydrogen) atoms. The molecule has 1 aromatic rings. The summed E-state index contributed by atoms with van der Waals surface area (Å²) in [5, 5.41) is 8.89. The topological polar surface area (TPSA) is 65.5 Å². The lowest BCUT2D eigenvalue weighted by Gasteiger charge is -2.22. The van der Waals surface area contributed by atoms with Gasteiger partial charge in [-0.15, -0.1) is 24.0 Å². The van der Waals surface area contributed by atoms with E-state index >= 15 is 0 Å². The quantitative estimate of drug-likeness (QED) is 0.322. The highest BCUT2D eigenvalue weighted by atomic mass is 127. The molecule has 2 rings (SSSR count). The Balaban J connectivity index is 0.00000392. The fourth-order valence-corrected chi connectivity index (χ4v) is 2.84. The summed E-state index contributed by atoms with van der Waals surface area (Å²) in [6.07, 6.45) is -2.73. The summed E-state index contributed by atoms with van der Waals surface area (Å²) >= 11 is 0. The fourth-order valence-electron chi connectivity index (χ4n) is 2.84. The van der Waals surface area contributed by atoms with Crippen LogP contribution < -0.4 is 16.0 Å². The highest BCUT2D eigenvalue weighted by Crippen LogP contribution is 2.48. The molecular weight excluding hydrogens is 484 g/mol. The number of halogens is 4. The SMILES string of the molecule is CN=C(NCC(=O)NC(C)(C)C)NCC1(c2cccc(C(F)(F)F)c2)CC1.I. The number of hydrogen-bond donors (Lipinski definition) is 3. The minimum Gasteiger partial charge on any atom is -0.356 e. The summed E-state index contributed by atoms with van der Waals surface area (Å²) in [5.74, 6) is 0.279. The van der Waals surface area contributed by atoms with E-state index in [2.05, 4.69) is 20.9 Å². The summed E-state index contributed by atoms with van der Waals surface area (Å²) < 4.78 is 38.9. The second kappa shape index (κ2) is 9.32. The third kappa shape index (κ3) is 7.14. The second-order valence-corrected chi connectivity index (χ2v) is 7.94. The van der Waals surface area contributed by atoms with E-state index in [1.54, 1.807) is 13.1 Å². The standard InChI is InChI=1S/C19H27F3N4O.HI/c1-17(2,3)26-15(27)11-24-16(23-4)25-12-18(8-9-18)13-6-5-7-14(10-13)19(20,21)22;/h5-7,10H,8-9,11-12H2,1-4H3,(H,26,27)(H2,23,24,25);1H. The molecule has 158 valence electrons. The molecule has 0 aliphatic heterocycles. The van der Waals surface area contributed by atoms with Crippen LogP contribution in [0.2, 0.25) is 0 Å². The molecule has 1 saturated carbocycles. The molecule has 0 radical (unpaired) electrons. The number of alkyl halides is 3. The average Bonchev–Trinajstić information content (AvgIpc) is 3.34. The molecule has 0 spiro atoms. The average molecular weight is 512 g/mol. The van der Waals surface area contributed by atoms with Crippen molar-refractivity contribution < 1.29 is 18.0 Å². The number of benzene rings is 1. The van der Waals surface area contributed by atoms with Gasteiger partial charge in [0.25, 0.3) is 0 Å². The lowest BCUT2D eigenvalue weighted by Crippen LogP contribution is -2.49. The van der Waals surface area contributed by atoms with E-state index in [1.807, 2.05) is 20.8 Å². The van der Waals surface area contributed by atoms with E-state index in [-0.39, 0.29) is 47.4 Å². The molecule has 0 aromatic heterocycles. The van der Waals surface area contributed by atoms with Crippen LogP contribution in [-0.2, 0) is 16.4 Å². The number of carbonyl (C=O) groups excluding carboxylic acids is 1. The molecule has 0 saturated heterocycles. The Morgan fingerprint density at radius 2 is 1.82 bits per heavy atom. The Morgan fingerprint density at radius 1 is 1.18 bits per heavy atom. The van der Waals surface area contributed by atoms with Gasteiger partial charge in [0.05, 0.1) is 12.1 Å². The zero-order chi connectivity index (χ0) is 20.3. The van der Waals surface area contributed by atoms with Gasteiger partial charge in [-0.05, 0) is 45.2 Å². The Morgan fingerprint density at radius 3 is 2.32 bits per heavy atom. The van der Waals surface area contributed by atoms with Crippen molar-refractivity contribution in [2.75, 3.05) is 20.1 Å². The first-order valence-corrected chi connectivity index (χ1v) is 8.88. The summed E-state index contributed by atoms with van der Waals surface area (Å²) in [4.78, 5) is 16.0. The molecule has 5 nitrogen and oxygen atoms in total. The van der Waals surface area contributed by atoms with Crippen molar-refractivity contribution in [2.24, 2.45) is 4.99 Å². The maximum Gasteiger partial charge on any atom is 0.416 e. The highest BCUT2D eigenvalue weighted by molar-refractivity contribution is 14.0. The van der Waals surface area contributed by atoms with Crippen molar-refractivity contribution in [1.29, 1.82) is 0 Å². The van der Waals surface area contributed by atoms with Crippen LogP contribution >= 0.6 is 24.0 Å². The lowest BCUT2D eigenvalue weighted by molar-refractivity contribution is -0.137. The minimum absolute atomic E-state index is 0. The first-order chi connectivity index (χ1) is 12.5. The van der Waals surface area contributed by atoms with Gasteiger partial charge in [-0.1, -0.05) is 18.2 Å². The Kier molecular flexibility index (Phi) is 8.16. The van der Waals surface area contributed by atoms with E-state index in [0.717, 1.165) is 18.9 Å². The number of amides is 1. The van der Waals surface area contributed by atoms with Gasteiger partial charge < -0.3 is 16.0 Å². The second-order valence-electron chi connectivity index (χ2n) is 7.94. The minimum atomic E-state index is -4.35. The van der Waals surface area contributed by atoms with E-state index in [0.29, 0.717) is 18.1 Å². The molecular formula is C19H28F3IN4O. The molecule has 1 fully saturated rings. The maximum atomic E-state index is 13.0. The van der Waals surface area contributed by atoms with Crippen LogP contribution in [0.3, 0.4) is 0 Å². The van der Waals surface area contributed by atoms with E-state index in [9.17, 15) is 18.0 Å². The van der Waals surface area contributed by atoms with Crippen LogP contribution in [0, 0.1) is 0 Å². The largest absolute Gasteiger partial charge is 0.416 e. The number of rotatable bonds is 5. The predicted octanol–water partition coefficient (Wildman–Crippen LogP) is 3.43. The number of nitrogens with zero attached hydrogens (tertiary/aromatic N) is 1. The van der Waals surface area contributed by atoms with Crippen molar-refractivity contribution in [2.45, 2.75) is 50.7 Å². The molecule has 0 unspecified atom stereocenters. The molecule has 1 aliphatic carbocycles. The third-order valence-corrected chi connectivity index (χ3v) is 4.40. The van der Waals surface area contributed by atoms with Gasteiger partial charge in [-0.2, -0.15) is 13.2 Å². The monoisotopic (exact) mass is 512 g/mol. The third-order valence-electron chi connectivity index (χ3n) is 4.40. The summed E-state index contributed by atoms with van der Waals surface area (Å²) in [6, 6.07) is 5.49. The van der Waals surface area contributed by atoms with Crippen LogP contribution in [-0.4, -0.2) is 37.5 Å². The van der Waals surface area contributed by atoms with Crippen LogP contribution in [0.1, 0.15) is 44.7 Å². The maximum absolute atomic E-state index is 13.0. The van der Waals surface area contributed by atoms with Gasteiger partial charge in [-0.3, -0.25) is 9.79 Å². The molecule has 1 aromatic carbocycles. The van der Waals surface area contributed by atoms with Crippen molar-refractivity contribution in [3.63, 3.8) is 0 Å².